The number of epoxide rings is 1. The predicted molar refractivity (Wildman–Crippen MR) is 47.7 cm³/mol. The van der Waals surface area contributed by atoms with Gasteiger partial charge in [-0.1, -0.05) is 39.5 Å². The van der Waals surface area contributed by atoms with Crippen molar-refractivity contribution in [3.63, 3.8) is 0 Å². The van der Waals surface area contributed by atoms with Gasteiger partial charge in [0.05, 0.1) is 12.2 Å². The number of hydrogen-bond acceptors (Lipinski definition) is 1. The first-order valence-corrected chi connectivity index (χ1v) is 5.04. The topological polar surface area (TPSA) is 12.5 Å². The molecule has 1 saturated heterocycles. The van der Waals surface area contributed by atoms with Crippen molar-refractivity contribution < 1.29 is 4.74 Å². The average molecular weight is 156 g/mol. The number of ether oxygens (including phenoxy) is 1. The van der Waals surface area contributed by atoms with Crippen molar-refractivity contribution in [2.75, 3.05) is 0 Å². The summed E-state index contributed by atoms with van der Waals surface area (Å²) in [6.07, 6.45) is 9.26. The van der Waals surface area contributed by atoms with Crippen LogP contribution in [0.1, 0.15) is 52.4 Å². The van der Waals surface area contributed by atoms with Crippen molar-refractivity contribution in [2.24, 2.45) is 0 Å². The van der Waals surface area contributed by atoms with Gasteiger partial charge in [-0.3, -0.25) is 0 Å². The third-order valence-electron chi connectivity index (χ3n) is 2.43. The normalized spacial score (nSPS) is 28.9. The Balaban J connectivity index is 1.82. The Hall–Kier alpha value is -0.0400. The lowest BCUT2D eigenvalue weighted by atomic mass is 10.1. The third kappa shape index (κ3) is 3.24. The fourth-order valence-electron chi connectivity index (χ4n) is 1.56. The molecule has 11 heavy (non-hydrogen) atoms. The van der Waals surface area contributed by atoms with Crippen LogP contribution < -0.4 is 0 Å². The Morgan fingerprint density at radius 3 is 2.36 bits per heavy atom. The van der Waals surface area contributed by atoms with Crippen molar-refractivity contribution in [1.29, 1.82) is 0 Å². The zero-order chi connectivity index (χ0) is 8.10. The van der Waals surface area contributed by atoms with Crippen molar-refractivity contribution in [1.82, 2.24) is 0 Å². The second kappa shape index (κ2) is 4.76. The highest BCUT2D eigenvalue weighted by Crippen LogP contribution is 2.29. The summed E-state index contributed by atoms with van der Waals surface area (Å²) in [6, 6.07) is 0. The zero-order valence-electron chi connectivity index (χ0n) is 7.81. The Kier molecular flexibility index (Phi) is 3.92. The molecule has 0 spiro atoms. The van der Waals surface area contributed by atoms with Crippen molar-refractivity contribution in [3.8, 4) is 0 Å². The number of unbranched alkanes of at least 4 members (excludes halogenated alkanes) is 3. The van der Waals surface area contributed by atoms with E-state index >= 15 is 0 Å². The Morgan fingerprint density at radius 1 is 1.00 bits per heavy atom. The van der Waals surface area contributed by atoms with E-state index in [0.29, 0.717) is 12.2 Å². The quantitative estimate of drug-likeness (QED) is 0.425. The summed E-state index contributed by atoms with van der Waals surface area (Å²) in [5.74, 6) is 0. The summed E-state index contributed by atoms with van der Waals surface area (Å²) in [4.78, 5) is 0. The maximum absolute atomic E-state index is 5.45. The minimum atomic E-state index is 0.622. The van der Waals surface area contributed by atoms with Crippen LogP contribution >= 0.6 is 0 Å². The first-order valence-electron chi connectivity index (χ1n) is 5.04. The minimum absolute atomic E-state index is 0.622. The van der Waals surface area contributed by atoms with Crippen LogP contribution in [0.3, 0.4) is 0 Å². The van der Waals surface area contributed by atoms with Gasteiger partial charge < -0.3 is 4.74 Å². The standard InChI is InChI=1S/C10H20O/c1-3-5-6-7-8-10-9(4-2)11-10/h9-10H,3-8H2,1-2H3/t9-,10-/m1/s1. The maximum atomic E-state index is 5.45. The third-order valence-corrected chi connectivity index (χ3v) is 2.43. The lowest BCUT2D eigenvalue weighted by Crippen LogP contribution is -1.91. The molecular weight excluding hydrogens is 136 g/mol. The molecular formula is C10H20O. The molecule has 0 aromatic carbocycles. The first-order chi connectivity index (χ1) is 5.38. The fraction of sp³-hybridized carbons (Fsp3) is 1.00. The summed E-state index contributed by atoms with van der Waals surface area (Å²) in [5, 5.41) is 0. The molecule has 0 radical (unpaired) electrons. The Bertz CT molecular complexity index is 101. The lowest BCUT2D eigenvalue weighted by Gasteiger charge is -1.94. The van der Waals surface area contributed by atoms with Gasteiger partial charge in [0.2, 0.25) is 0 Å². The molecule has 0 aromatic rings. The minimum Gasteiger partial charge on any atom is -0.370 e. The van der Waals surface area contributed by atoms with Gasteiger partial charge in [-0.25, -0.2) is 0 Å². The number of hydrogen-bond donors (Lipinski definition) is 0. The lowest BCUT2D eigenvalue weighted by molar-refractivity contribution is 0.355. The maximum Gasteiger partial charge on any atom is 0.0841 e. The van der Waals surface area contributed by atoms with Crippen LogP contribution in [-0.2, 0) is 4.74 Å². The molecule has 0 aliphatic carbocycles. The Labute approximate surface area is 70.1 Å². The van der Waals surface area contributed by atoms with E-state index in [4.69, 9.17) is 4.74 Å². The highest BCUT2D eigenvalue weighted by Gasteiger charge is 2.35. The molecule has 0 N–H and O–H groups in total. The highest BCUT2D eigenvalue weighted by atomic mass is 16.6. The molecule has 0 aromatic heterocycles. The van der Waals surface area contributed by atoms with Crippen molar-refractivity contribution in [2.45, 2.75) is 64.6 Å². The van der Waals surface area contributed by atoms with Crippen LogP contribution in [0.5, 0.6) is 0 Å². The van der Waals surface area contributed by atoms with E-state index in [1.807, 2.05) is 0 Å². The first kappa shape index (κ1) is 9.05. The van der Waals surface area contributed by atoms with Crippen LogP contribution in [0, 0.1) is 0 Å². The van der Waals surface area contributed by atoms with Gasteiger partial charge in [-0.05, 0) is 12.8 Å². The molecule has 0 unspecified atom stereocenters. The number of rotatable bonds is 6. The van der Waals surface area contributed by atoms with Crippen molar-refractivity contribution in [3.05, 3.63) is 0 Å². The SMILES string of the molecule is CCCCCC[C@H]1O[C@@H]1CC. The van der Waals surface area contributed by atoms with Gasteiger partial charge in [0.1, 0.15) is 0 Å². The molecule has 1 fully saturated rings. The van der Waals surface area contributed by atoms with Crippen LogP contribution in [0.4, 0.5) is 0 Å². The van der Waals surface area contributed by atoms with E-state index in [-0.39, 0.29) is 0 Å². The average Bonchev–Trinajstić information content (AvgIpc) is 2.77. The van der Waals surface area contributed by atoms with E-state index in [0.717, 1.165) is 0 Å². The highest BCUT2D eigenvalue weighted by molar-refractivity contribution is 4.82. The molecule has 1 aliphatic rings. The molecule has 1 heteroatoms. The summed E-state index contributed by atoms with van der Waals surface area (Å²) >= 11 is 0. The molecule has 2 atom stereocenters. The predicted octanol–water partition coefficient (Wildman–Crippen LogP) is 3.13. The Morgan fingerprint density at radius 2 is 1.82 bits per heavy atom. The van der Waals surface area contributed by atoms with E-state index in [1.54, 1.807) is 0 Å². The molecule has 66 valence electrons. The summed E-state index contributed by atoms with van der Waals surface area (Å²) in [6.45, 7) is 4.46. The molecule has 1 rings (SSSR count). The van der Waals surface area contributed by atoms with Crippen LogP contribution in [-0.4, -0.2) is 12.2 Å². The summed E-state index contributed by atoms with van der Waals surface area (Å²) in [7, 11) is 0. The smallest absolute Gasteiger partial charge is 0.0841 e. The fourth-order valence-corrected chi connectivity index (χ4v) is 1.56. The monoisotopic (exact) mass is 156 g/mol. The largest absolute Gasteiger partial charge is 0.370 e. The summed E-state index contributed by atoms with van der Waals surface area (Å²) < 4.78 is 5.45. The van der Waals surface area contributed by atoms with Crippen LogP contribution in [0.15, 0.2) is 0 Å². The van der Waals surface area contributed by atoms with E-state index in [1.165, 1.54) is 38.5 Å². The van der Waals surface area contributed by atoms with Gasteiger partial charge in [-0.2, -0.15) is 0 Å². The second-order valence-corrected chi connectivity index (χ2v) is 3.47. The second-order valence-electron chi connectivity index (χ2n) is 3.47. The van der Waals surface area contributed by atoms with E-state index < -0.39 is 0 Å². The molecule has 0 bridgehead atoms. The van der Waals surface area contributed by atoms with E-state index in [2.05, 4.69) is 13.8 Å². The zero-order valence-corrected chi connectivity index (χ0v) is 7.81. The molecule has 1 aliphatic heterocycles. The van der Waals surface area contributed by atoms with E-state index in [9.17, 15) is 0 Å². The molecule has 1 nitrogen and oxygen atoms in total. The molecule has 0 saturated carbocycles. The van der Waals surface area contributed by atoms with Gasteiger partial charge in [0.15, 0.2) is 0 Å². The molecule has 0 amide bonds. The van der Waals surface area contributed by atoms with Gasteiger partial charge in [0.25, 0.3) is 0 Å². The van der Waals surface area contributed by atoms with Gasteiger partial charge in [-0.15, -0.1) is 0 Å². The van der Waals surface area contributed by atoms with Crippen LogP contribution in [0.25, 0.3) is 0 Å². The van der Waals surface area contributed by atoms with Gasteiger partial charge >= 0.3 is 0 Å². The van der Waals surface area contributed by atoms with Crippen molar-refractivity contribution >= 4 is 0 Å². The molecule has 1 heterocycles. The van der Waals surface area contributed by atoms with Crippen LogP contribution in [0.2, 0.25) is 0 Å². The van der Waals surface area contributed by atoms with Gasteiger partial charge in [0, 0.05) is 0 Å². The summed E-state index contributed by atoms with van der Waals surface area (Å²) in [5.41, 5.74) is 0.